The topological polar surface area (TPSA) is 41.1 Å². The number of fused-ring (bicyclic) bond motifs is 1. The van der Waals surface area contributed by atoms with Crippen molar-refractivity contribution in [3.8, 4) is 0 Å². The lowest BCUT2D eigenvalue weighted by molar-refractivity contribution is 0.102. The first-order valence-corrected chi connectivity index (χ1v) is 7.70. The molecule has 1 aliphatic rings. The molecular formula is C16H15IN2O. The molecule has 0 atom stereocenters. The molecule has 2 aromatic carbocycles. The van der Waals surface area contributed by atoms with Crippen molar-refractivity contribution in [2.75, 3.05) is 11.9 Å². The molecule has 3 nitrogen and oxygen atoms in total. The molecule has 3 rings (SSSR count). The van der Waals surface area contributed by atoms with Gasteiger partial charge in [0.1, 0.15) is 0 Å². The third-order valence-electron chi connectivity index (χ3n) is 3.49. The van der Waals surface area contributed by atoms with Crippen LogP contribution in [0.4, 0.5) is 5.69 Å². The Morgan fingerprint density at radius 2 is 1.95 bits per heavy atom. The van der Waals surface area contributed by atoms with E-state index in [4.69, 9.17) is 0 Å². The smallest absolute Gasteiger partial charge is 0.255 e. The fourth-order valence-electron chi connectivity index (χ4n) is 2.48. The Morgan fingerprint density at radius 3 is 2.75 bits per heavy atom. The molecule has 1 aliphatic heterocycles. The van der Waals surface area contributed by atoms with Crippen molar-refractivity contribution in [1.82, 2.24) is 5.32 Å². The molecule has 0 unspecified atom stereocenters. The third-order valence-corrected chi connectivity index (χ3v) is 4.21. The quantitative estimate of drug-likeness (QED) is 0.789. The van der Waals surface area contributed by atoms with Gasteiger partial charge < -0.3 is 10.6 Å². The van der Waals surface area contributed by atoms with Crippen LogP contribution in [0.15, 0.2) is 42.5 Å². The van der Waals surface area contributed by atoms with Crippen LogP contribution in [0.25, 0.3) is 0 Å². The molecule has 0 saturated carbocycles. The van der Waals surface area contributed by atoms with Gasteiger partial charge in [-0.15, -0.1) is 0 Å². The minimum atomic E-state index is -0.0232. The van der Waals surface area contributed by atoms with E-state index < -0.39 is 0 Å². The fraction of sp³-hybridized carbons (Fsp3) is 0.188. The van der Waals surface area contributed by atoms with Crippen molar-refractivity contribution < 1.29 is 4.79 Å². The lowest BCUT2D eigenvalue weighted by atomic mass is 9.95. The Labute approximate surface area is 131 Å². The van der Waals surface area contributed by atoms with E-state index in [0.717, 1.165) is 34.3 Å². The predicted molar refractivity (Wildman–Crippen MR) is 89.0 cm³/mol. The van der Waals surface area contributed by atoms with Crippen molar-refractivity contribution >= 4 is 34.2 Å². The number of nitrogens with one attached hydrogen (secondary N) is 2. The minimum Gasteiger partial charge on any atom is -0.322 e. The highest BCUT2D eigenvalue weighted by Crippen LogP contribution is 2.20. The van der Waals surface area contributed by atoms with Crippen molar-refractivity contribution in [3.05, 3.63) is 62.7 Å². The first-order valence-electron chi connectivity index (χ1n) is 6.62. The minimum absolute atomic E-state index is 0.0232. The predicted octanol–water partition coefficient (Wildman–Crippen LogP) is 3.19. The highest BCUT2D eigenvalue weighted by molar-refractivity contribution is 14.1. The summed E-state index contributed by atoms with van der Waals surface area (Å²) in [6.45, 7) is 1.78. The molecule has 0 aliphatic carbocycles. The normalized spacial score (nSPS) is 13.7. The molecule has 4 heteroatoms. The summed E-state index contributed by atoms with van der Waals surface area (Å²) in [7, 11) is 0. The SMILES string of the molecule is O=C(Nc1ccc(I)cc1)c1cccc2c1CCNC2. The average molecular weight is 378 g/mol. The number of hydrogen-bond acceptors (Lipinski definition) is 2. The van der Waals surface area contributed by atoms with E-state index in [1.165, 1.54) is 11.1 Å². The van der Waals surface area contributed by atoms with Crippen LogP contribution >= 0.6 is 22.6 Å². The van der Waals surface area contributed by atoms with Gasteiger partial charge in [-0.1, -0.05) is 12.1 Å². The Balaban J connectivity index is 1.85. The molecule has 102 valence electrons. The van der Waals surface area contributed by atoms with Crippen LogP contribution in [0.5, 0.6) is 0 Å². The van der Waals surface area contributed by atoms with E-state index in [1.807, 2.05) is 36.4 Å². The van der Waals surface area contributed by atoms with Crippen molar-refractivity contribution in [3.63, 3.8) is 0 Å². The number of rotatable bonds is 2. The van der Waals surface area contributed by atoms with E-state index >= 15 is 0 Å². The van der Waals surface area contributed by atoms with E-state index in [0.29, 0.717) is 0 Å². The van der Waals surface area contributed by atoms with Crippen LogP contribution in [-0.2, 0) is 13.0 Å². The van der Waals surface area contributed by atoms with E-state index in [9.17, 15) is 4.79 Å². The van der Waals surface area contributed by atoms with Crippen LogP contribution in [-0.4, -0.2) is 12.5 Å². The maximum atomic E-state index is 12.4. The summed E-state index contributed by atoms with van der Waals surface area (Å²) in [6.07, 6.45) is 0.908. The first kappa shape index (κ1) is 13.6. The lowest BCUT2D eigenvalue weighted by Crippen LogP contribution is -2.26. The Morgan fingerprint density at radius 1 is 1.15 bits per heavy atom. The highest BCUT2D eigenvalue weighted by atomic mass is 127. The van der Waals surface area contributed by atoms with Gasteiger partial charge in [0.25, 0.3) is 5.91 Å². The van der Waals surface area contributed by atoms with Crippen LogP contribution in [0, 0.1) is 3.57 Å². The van der Waals surface area contributed by atoms with Crippen LogP contribution in [0.2, 0.25) is 0 Å². The number of amides is 1. The van der Waals surface area contributed by atoms with Gasteiger partial charge in [0.05, 0.1) is 0 Å². The highest BCUT2D eigenvalue weighted by Gasteiger charge is 2.17. The number of anilines is 1. The first-order chi connectivity index (χ1) is 9.74. The molecule has 0 aromatic heterocycles. The van der Waals surface area contributed by atoms with Crippen molar-refractivity contribution in [2.45, 2.75) is 13.0 Å². The van der Waals surface area contributed by atoms with Crippen LogP contribution in [0.3, 0.4) is 0 Å². The molecule has 0 saturated heterocycles. The monoisotopic (exact) mass is 378 g/mol. The molecule has 0 bridgehead atoms. The zero-order valence-electron chi connectivity index (χ0n) is 10.9. The van der Waals surface area contributed by atoms with Gasteiger partial charge in [0.15, 0.2) is 0 Å². The number of hydrogen-bond donors (Lipinski definition) is 2. The maximum Gasteiger partial charge on any atom is 0.255 e. The number of halogens is 1. The van der Waals surface area contributed by atoms with Gasteiger partial charge in [-0.2, -0.15) is 0 Å². The molecule has 1 heterocycles. The summed E-state index contributed by atoms with van der Waals surface area (Å²) in [5.41, 5.74) is 4.03. The molecule has 0 fully saturated rings. The standard InChI is InChI=1S/C16H15IN2O/c17-12-4-6-13(7-5-12)19-16(20)15-3-1-2-11-10-18-9-8-14(11)15/h1-7,18H,8-10H2,(H,19,20). The lowest BCUT2D eigenvalue weighted by Gasteiger charge is -2.20. The molecular weight excluding hydrogens is 363 g/mol. The summed E-state index contributed by atoms with van der Waals surface area (Å²) >= 11 is 2.25. The molecule has 20 heavy (non-hydrogen) atoms. The van der Waals surface area contributed by atoms with Gasteiger partial charge >= 0.3 is 0 Å². The van der Waals surface area contributed by atoms with E-state index in [-0.39, 0.29) is 5.91 Å². The number of carbonyl (C=O) groups excluding carboxylic acids is 1. The molecule has 1 amide bonds. The Bertz CT molecular complexity index is 637. The van der Waals surface area contributed by atoms with Gasteiger partial charge in [0, 0.05) is 21.4 Å². The zero-order chi connectivity index (χ0) is 13.9. The third kappa shape index (κ3) is 2.86. The summed E-state index contributed by atoms with van der Waals surface area (Å²) < 4.78 is 1.16. The second-order valence-electron chi connectivity index (χ2n) is 4.83. The number of carbonyl (C=O) groups is 1. The van der Waals surface area contributed by atoms with Gasteiger partial charge in [-0.3, -0.25) is 4.79 Å². The van der Waals surface area contributed by atoms with Crippen molar-refractivity contribution in [1.29, 1.82) is 0 Å². The van der Waals surface area contributed by atoms with Crippen LogP contribution < -0.4 is 10.6 Å². The molecule has 2 N–H and O–H groups in total. The Hall–Kier alpha value is -1.40. The van der Waals surface area contributed by atoms with Gasteiger partial charge in [0.2, 0.25) is 0 Å². The molecule has 0 spiro atoms. The summed E-state index contributed by atoms with van der Waals surface area (Å²) in [5.74, 6) is -0.0232. The average Bonchev–Trinajstić information content (AvgIpc) is 2.49. The zero-order valence-corrected chi connectivity index (χ0v) is 13.1. The Kier molecular flexibility index (Phi) is 4.03. The van der Waals surface area contributed by atoms with Gasteiger partial charge in [-0.05, 0) is 77.0 Å². The number of benzene rings is 2. The molecule has 2 aromatic rings. The van der Waals surface area contributed by atoms with Crippen LogP contribution in [0.1, 0.15) is 21.5 Å². The summed E-state index contributed by atoms with van der Waals surface area (Å²) in [6, 6.07) is 13.8. The summed E-state index contributed by atoms with van der Waals surface area (Å²) in [4.78, 5) is 12.4. The largest absolute Gasteiger partial charge is 0.322 e. The second kappa shape index (κ2) is 5.93. The fourth-order valence-corrected chi connectivity index (χ4v) is 2.84. The van der Waals surface area contributed by atoms with E-state index in [2.05, 4.69) is 39.3 Å². The maximum absolute atomic E-state index is 12.4. The van der Waals surface area contributed by atoms with E-state index in [1.54, 1.807) is 0 Å². The van der Waals surface area contributed by atoms with Crippen molar-refractivity contribution in [2.24, 2.45) is 0 Å². The summed E-state index contributed by atoms with van der Waals surface area (Å²) in [5, 5.41) is 6.30. The second-order valence-corrected chi connectivity index (χ2v) is 6.08. The molecule has 0 radical (unpaired) electrons. The van der Waals surface area contributed by atoms with Gasteiger partial charge in [-0.25, -0.2) is 0 Å².